The van der Waals surface area contributed by atoms with Gasteiger partial charge in [0.1, 0.15) is 0 Å². The fraction of sp³-hybridized carbons (Fsp3) is 0.364. The van der Waals surface area contributed by atoms with Crippen molar-refractivity contribution in [3.05, 3.63) is 71.2 Å². The zero-order valence-electron chi connectivity index (χ0n) is 17.6. The van der Waals surface area contributed by atoms with Crippen LogP contribution in [-0.4, -0.2) is 16.6 Å². The summed E-state index contributed by atoms with van der Waals surface area (Å²) < 4.78 is 6.79. The third-order valence-electron chi connectivity index (χ3n) is 4.44. The van der Waals surface area contributed by atoms with Crippen molar-refractivity contribution in [1.82, 2.24) is 0 Å². The Bertz CT molecular complexity index is 690. The Kier molecular flexibility index (Phi) is 10.6. The summed E-state index contributed by atoms with van der Waals surface area (Å²) in [5.41, 5.74) is 1.38. The van der Waals surface area contributed by atoms with Crippen molar-refractivity contribution < 1.29 is 4.12 Å². The van der Waals surface area contributed by atoms with Gasteiger partial charge < -0.3 is 4.12 Å². The highest BCUT2D eigenvalue weighted by atomic mass is 28.4. The lowest BCUT2D eigenvalue weighted by atomic mass is 10.2. The molecule has 0 radical (unpaired) electrons. The van der Waals surface area contributed by atoms with Crippen molar-refractivity contribution in [3.63, 3.8) is 0 Å². The molecular weight excluding hydrogens is 364 g/mol. The molecule has 0 N–H and O–H groups in total. The quantitative estimate of drug-likeness (QED) is 0.243. The van der Waals surface area contributed by atoms with E-state index in [9.17, 15) is 10.5 Å². The molecule has 0 unspecified atom stereocenters. The van der Waals surface area contributed by atoms with Crippen LogP contribution in [0.1, 0.15) is 26.7 Å². The molecule has 0 heterocycles. The topological polar surface area (TPSA) is 56.8 Å². The average Bonchev–Trinajstić information content (AvgIpc) is 2.60. The summed E-state index contributed by atoms with van der Waals surface area (Å²) in [4.78, 5) is 0. The molecule has 0 aromatic heterocycles. The van der Waals surface area contributed by atoms with Crippen molar-refractivity contribution in [3.8, 4) is 12.1 Å². The second-order valence-corrected chi connectivity index (χ2v) is 15.3. The van der Waals surface area contributed by atoms with E-state index in [0.717, 1.165) is 0 Å². The van der Waals surface area contributed by atoms with Gasteiger partial charge in [0.25, 0.3) is 0 Å². The van der Waals surface area contributed by atoms with Crippen molar-refractivity contribution in [2.75, 3.05) is 0 Å². The summed E-state index contributed by atoms with van der Waals surface area (Å²) in [5, 5.41) is 21.1. The third-order valence-corrected chi connectivity index (χ3v) is 12.5. The van der Waals surface area contributed by atoms with Gasteiger partial charge in [0.05, 0.1) is 12.1 Å². The highest BCUT2D eigenvalue weighted by molar-refractivity contribution is 6.91. The van der Waals surface area contributed by atoms with E-state index in [-0.39, 0.29) is 0 Å². The van der Waals surface area contributed by atoms with E-state index in [1.54, 1.807) is 24.3 Å². The number of nitriles is 2. The Morgan fingerprint density at radius 2 is 1.15 bits per heavy atom. The van der Waals surface area contributed by atoms with E-state index in [1.165, 1.54) is 10.4 Å². The zero-order chi connectivity index (χ0) is 21.1. The molecule has 0 aliphatic rings. The van der Waals surface area contributed by atoms with Crippen LogP contribution < -0.4 is 0 Å². The van der Waals surface area contributed by atoms with Gasteiger partial charge in [-0.05, 0) is 52.2 Å². The molecule has 0 rings (SSSR count). The van der Waals surface area contributed by atoms with Crippen LogP contribution in [0.3, 0.4) is 0 Å². The summed E-state index contributed by atoms with van der Waals surface area (Å²) in [7, 11) is -4.40. The highest BCUT2D eigenvalue weighted by Gasteiger charge is 2.38. The predicted molar refractivity (Wildman–Crippen MR) is 121 cm³/mol. The van der Waals surface area contributed by atoms with Gasteiger partial charge in [-0.25, -0.2) is 0 Å². The molecule has 0 saturated carbocycles. The second kappa shape index (κ2) is 11.5. The standard InChI is InChI=1S/C22H32N2OSi2/c1-9-13-19(17-23)15-21(11-3)26(5,6)25-27(7,8)22(12-4)16-20(18-24)14-10-2/h9-14H,1-2,15-16H2,3-8H3/b19-13-,20-14-,21-11-,22-12-. The lowest BCUT2D eigenvalue weighted by molar-refractivity contribution is 0.558. The van der Waals surface area contributed by atoms with Crippen molar-refractivity contribution in [2.24, 2.45) is 0 Å². The van der Waals surface area contributed by atoms with Gasteiger partial charge in [-0.15, -0.1) is 0 Å². The van der Waals surface area contributed by atoms with E-state index in [0.29, 0.717) is 24.0 Å². The van der Waals surface area contributed by atoms with Crippen LogP contribution in [0.15, 0.2) is 71.2 Å². The Hall–Kier alpha value is -2.19. The predicted octanol–water partition coefficient (Wildman–Crippen LogP) is 6.44. The van der Waals surface area contributed by atoms with E-state index in [4.69, 9.17) is 4.12 Å². The number of nitrogens with zero attached hydrogens (tertiary/aromatic N) is 2. The molecule has 0 amide bonds. The Morgan fingerprint density at radius 1 is 0.815 bits per heavy atom. The van der Waals surface area contributed by atoms with Crippen LogP contribution in [0.2, 0.25) is 26.2 Å². The first kappa shape index (κ1) is 24.8. The maximum atomic E-state index is 9.34. The molecular formula is C22H32N2OSi2. The van der Waals surface area contributed by atoms with Crippen LogP contribution in [0.5, 0.6) is 0 Å². The minimum atomic E-state index is -2.20. The first-order valence-electron chi connectivity index (χ1n) is 9.06. The van der Waals surface area contributed by atoms with Gasteiger partial charge >= 0.3 is 0 Å². The Balaban J connectivity index is 5.65. The van der Waals surface area contributed by atoms with Gasteiger partial charge in [-0.1, -0.05) is 47.9 Å². The molecule has 5 heteroatoms. The lowest BCUT2D eigenvalue weighted by Crippen LogP contribution is -2.47. The second-order valence-electron chi connectivity index (χ2n) is 7.18. The van der Waals surface area contributed by atoms with Crippen molar-refractivity contribution in [1.29, 1.82) is 10.5 Å². The number of allylic oxidation sites excluding steroid dienone is 10. The Morgan fingerprint density at radius 3 is 1.37 bits per heavy atom. The number of hydrogen-bond acceptors (Lipinski definition) is 3. The third kappa shape index (κ3) is 7.92. The molecule has 0 aromatic rings. The first-order chi connectivity index (χ1) is 12.6. The molecule has 27 heavy (non-hydrogen) atoms. The van der Waals surface area contributed by atoms with E-state index in [1.807, 2.05) is 13.8 Å². The van der Waals surface area contributed by atoms with Crippen LogP contribution in [0.4, 0.5) is 0 Å². The molecule has 3 nitrogen and oxygen atoms in total. The van der Waals surface area contributed by atoms with Gasteiger partial charge in [0.2, 0.25) is 16.6 Å². The molecule has 0 spiro atoms. The maximum absolute atomic E-state index is 9.34. The number of hydrogen-bond donors (Lipinski definition) is 0. The van der Waals surface area contributed by atoms with Gasteiger partial charge in [0.15, 0.2) is 0 Å². The molecule has 0 bridgehead atoms. The summed E-state index contributed by atoms with van der Waals surface area (Å²) in [5.74, 6) is 0. The normalized spacial score (nSPS) is 14.4. The van der Waals surface area contributed by atoms with Crippen molar-refractivity contribution >= 4 is 16.6 Å². The van der Waals surface area contributed by atoms with Crippen molar-refractivity contribution in [2.45, 2.75) is 52.9 Å². The van der Waals surface area contributed by atoms with Crippen LogP contribution in [0.25, 0.3) is 0 Å². The molecule has 0 aliphatic heterocycles. The van der Waals surface area contributed by atoms with Gasteiger partial charge in [-0.2, -0.15) is 10.5 Å². The SMILES string of the molecule is C=C/C=C(\C#N)C/C(=C/C)[Si](C)(C)O[Si](C)(C)/C(=C\C)C/C(C#N)=C/C=C. The summed E-state index contributed by atoms with van der Waals surface area (Å²) >= 11 is 0. The molecule has 0 saturated heterocycles. The smallest absolute Gasteiger partial charge is 0.202 e. The van der Waals surface area contributed by atoms with E-state index < -0.39 is 16.6 Å². The lowest BCUT2D eigenvalue weighted by Gasteiger charge is -2.37. The van der Waals surface area contributed by atoms with E-state index in [2.05, 4.69) is 63.6 Å². The monoisotopic (exact) mass is 396 g/mol. The first-order valence-corrected chi connectivity index (χ1v) is 14.9. The fourth-order valence-electron chi connectivity index (χ4n) is 3.06. The van der Waals surface area contributed by atoms with Crippen LogP contribution in [0, 0.1) is 22.7 Å². The maximum Gasteiger partial charge on any atom is 0.202 e. The van der Waals surface area contributed by atoms with Gasteiger partial charge in [0, 0.05) is 24.0 Å². The van der Waals surface area contributed by atoms with E-state index >= 15 is 0 Å². The molecule has 144 valence electrons. The summed E-state index contributed by atoms with van der Waals surface area (Å²) in [6.07, 6.45) is 12.2. The highest BCUT2D eigenvalue weighted by Crippen LogP contribution is 2.31. The average molecular weight is 397 g/mol. The fourth-order valence-corrected chi connectivity index (χ4v) is 11.8. The minimum Gasteiger partial charge on any atom is -0.449 e. The summed E-state index contributed by atoms with van der Waals surface area (Å²) in [6, 6.07) is 4.49. The molecule has 0 fully saturated rings. The molecule has 0 aromatic carbocycles. The van der Waals surface area contributed by atoms with Crippen LogP contribution >= 0.6 is 0 Å². The summed E-state index contributed by atoms with van der Waals surface area (Å²) in [6.45, 7) is 20.1. The largest absolute Gasteiger partial charge is 0.449 e. The molecule has 0 aliphatic carbocycles. The Labute approximate surface area is 167 Å². The number of rotatable bonds is 10. The minimum absolute atomic E-state index is 0.591. The zero-order valence-corrected chi connectivity index (χ0v) is 19.6. The van der Waals surface area contributed by atoms with Gasteiger partial charge in [-0.3, -0.25) is 0 Å². The molecule has 0 atom stereocenters. The van der Waals surface area contributed by atoms with Crippen LogP contribution in [-0.2, 0) is 4.12 Å².